The van der Waals surface area contributed by atoms with E-state index in [2.05, 4.69) is 40.4 Å². The van der Waals surface area contributed by atoms with Crippen LogP contribution in [0, 0.1) is 0 Å². The average molecular weight is 337 g/mol. The maximum Gasteiger partial charge on any atom is 0.148 e. The number of nitrogens with one attached hydrogen (secondary N) is 1. The van der Waals surface area contributed by atoms with Crippen LogP contribution < -0.4 is 10.1 Å². The Labute approximate surface area is 143 Å². The van der Waals surface area contributed by atoms with Gasteiger partial charge >= 0.3 is 0 Å². The summed E-state index contributed by atoms with van der Waals surface area (Å²) in [6.07, 6.45) is 2.49. The van der Waals surface area contributed by atoms with Crippen LogP contribution in [-0.4, -0.2) is 50.5 Å². The first-order chi connectivity index (χ1) is 11.2. The van der Waals surface area contributed by atoms with E-state index in [-0.39, 0.29) is 0 Å². The summed E-state index contributed by atoms with van der Waals surface area (Å²) in [5.74, 6) is 1.78. The van der Waals surface area contributed by atoms with Crippen LogP contribution in [0.25, 0.3) is 0 Å². The second-order valence-electron chi connectivity index (χ2n) is 5.55. The molecule has 1 saturated heterocycles. The topological polar surface area (TPSA) is 49.2 Å². The van der Waals surface area contributed by atoms with Crippen LogP contribution >= 0.6 is 11.8 Å². The van der Waals surface area contributed by atoms with Gasteiger partial charge < -0.3 is 10.1 Å². The molecule has 1 aromatic carbocycles. The van der Waals surface area contributed by atoms with E-state index in [4.69, 9.17) is 4.74 Å². The van der Waals surface area contributed by atoms with Gasteiger partial charge in [-0.1, -0.05) is 13.8 Å². The van der Waals surface area contributed by atoms with E-state index in [9.17, 15) is 0 Å². The van der Waals surface area contributed by atoms with E-state index < -0.39 is 0 Å². The van der Waals surface area contributed by atoms with Crippen molar-refractivity contribution in [3.05, 3.63) is 12.1 Å². The van der Waals surface area contributed by atoms with Gasteiger partial charge in [0.05, 0.1) is 19.3 Å². The predicted octanol–water partition coefficient (Wildman–Crippen LogP) is 4.42. The summed E-state index contributed by atoms with van der Waals surface area (Å²) in [5.41, 5.74) is 1.88. The maximum atomic E-state index is 5.47. The second kappa shape index (κ2) is 9.13. The molecule has 23 heavy (non-hydrogen) atoms. The van der Waals surface area contributed by atoms with E-state index in [1.54, 1.807) is 18.9 Å². The van der Waals surface area contributed by atoms with Gasteiger partial charge in [-0.3, -0.25) is 4.90 Å². The fourth-order valence-electron chi connectivity index (χ4n) is 2.99. The van der Waals surface area contributed by atoms with Crippen LogP contribution in [0.15, 0.2) is 27.3 Å². The van der Waals surface area contributed by atoms with Crippen molar-refractivity contribution in [2.45, 2.75) is 37.6 Å². The molecule has 0 spiro atoms. The smallest absolute Gasteiger partial charge is 0.148 e. The molecule has 1 aliphatic heterocycles. The second-order valence-corrected chi connectivity index (χ2v) is 6.86. The van der Waals surface area contributed by atoms with Crippen LogP contribution in [0.5, 0.6) is 5.75 Å². The van der Waals surface area contributed by atoms with Crippen LogP contribution in [-0.2, 0) is 0 Å². The summed E-state index contributed by atoms with van der Waals surface area (Å²) >= 11 is 1.79. The molecule has 0 radical (unpaired) electrons. The number of hydrogen-bond donors (Lipinski definition) is 1. The van der Waals surface area contributed by atoms with Crippen LogP contribution in [0.3, 0.4) is 0 Å². The third-order valence-corrected chi connectivity index (χ3v) is 5.16. The van der Waals surface area contributed by atoms with Crippen LogP contribution in [0.1, 0.15) is 26.7 Å². The lowest BCUT2D eigenvalue weighted by molar-refractivity contribution is 0.271. The average Bonchev–Trinajstić information content (AvgIpc) is 3.03. The lowest BCUT2D eigenvalue weighted by Crippen LogP contribution is -2.31. The zero-order valence-electron chi connectivity index (χ0n) is 14.6. The lowest BCUT2D eigenvalue weighted by atomic mass is 10.2. The Morgan fingerprint density at radius 2 is 2.22 bits per heavy atom. The highest BCUT2D eigenvalue weighted by molar-refractivity contribution is 7.99. The van der Waals surface area contributed by atoms with Gasteiger partial charge in [0.25, 0.3) is 0 Å². The number of ether oxygens (including phenoxy) is 1. The van der Waals surface area contributed by atoms with Gasteiger partial charge in [0.15, 0.2) is 0 Å². The molecule has 0 aliphatic carbocycles. The molecule has 0 unspecified atom stereocenters. The molecule has 0 saturated carbocycles. The fourth-order valence-corrected chi connectivity index (χ4v) is 3.81. The summed E-state index contributed by atoms with van der Waals surface area (Å²) < 4.78 is 5.47. The standard InChI is InChI=1S/C17H28N4OS/c1-5-21-9-7-8-13(21)12-19-20-14-11-17(23-6-2)15(18-3)10-16(14)22-4/h10-11,13,18H,5-9,12H2,1-4H3/b20-19+/t13-/m0/s1. The summed E-state index contributed by atoms with van der Waals surface area (Å²) in [6.45, 7) is 7.41. The van der Waals surface area contributed by atoms with E-state index in [1.807, 2.05) is 13.1 Å². The number of azo groups is 1. The molecule has 5 nitrogen and oxygen atoms in total. The molecule has 1 aromatic rings. The normalized spacial score (nSPS) is 18.7. The lowest BCUT2D eigenvalue weighted by Gasteiger charge is -2.20. The SMILES string of the molecule is CCSc1cc(/N=N/C[C@@H]2CCCN2CC)c(OC)cc1NC. The zero-order chi connectivity index (χ0) is 16.7. The van der Waals surface area contributed by atoms with Crippen molar-refractivity contribution >= 4 is 23.1 Å². The first kappa shape index (κ1) is 18.1. The van der Waals surface area contributed by atoms with Crippen LogP contribution in [0.2, 0.25) is 0 Å². The van der Waals surface area contributed by atoms with E-state index >= 15 is 0 Å². The molecule has 1 N–H and O–H groups in total. The third kappa shape index (κ3) is 4.61. The van der Waals surface area contributed by atoms with Gasteiger partial charge in [0, 0.05) is 24.1 Å². The number of likely N-dealkylation sites (N-methyl/N-ethyl adjacent to an activating group) is 1. The monoisotopic (exact) mass is 336 g/mol. The number of nitrogens with zero attached hydrogens (tertiary/aromatic N) is 3. The summed E-state index contributed by atoms with van der Waals surface area (Å²) in [7, 11) is 3.60. The molecule has 0 amide bonds. The minimum absolute atomic E-state index is 0.538. The minimum atomic E-state index is 0.538. The van der Waals surface area contributed by atoms with Gasteiger partial charge in [0.2, 0.25) is 0 Å². The number of likely N-dealkylation sites (tertiary alicyclic amines) is 1. The highest BCUT2D eigenvalue weighted by atomic mass is 32.2. The number of benzene rings is 1. The molecule has 6 heteroatoms. The van der Waals surface area contributed by atoms with Crippen LogP contribution in [0.4, 0.5) is 11.4 Å². The third-order valence-electron chi connectivity index (χ3n) is 4.23. The van der Waals surface area contributed by atoms with Crippen molar-refractivity contribution in [1.82, 2.24) is 4.90 Å². The molecule has 1 aliphatic rings. The van der Waals surface area contributed by atoms with Gasteiger partial charge in [-0.2, -0.15) is 10.2 Å². The molecule has 1 fully saturated rings. The highest BCUT2D eigenvalue weighted by Crippen LogP contribution is 2.38. The van der Waals surface area contributed by atoms with Crippen molar-refractivity contribution in [2.24, 2.45) is 10.2 Å². The van der Waals surface area contributed by atoms with Crippen molar-refractivity contribution in [2.75, 3.05) is 44.9 Å². The molecule has 0 aromatic heterocycles. The van der Waals surface area contributed by atoms with Crippen molar-refractivity contribution in [1.29, 1.82) is 0 Å². The zero-order valence-corrected chi connectivity index (χ0v) is 15.4. The van der Waals surface area contributed by atoms with Gasteiger partial charge in [-0.15, -0.1) is 11.8 Å². The Bertz CT molecular complexity index is 536. The molecular weight excluding hydrogens is 308 g/mol. The Kier molecular flexibility index (Phi) is 7.17. The number of thioether (sulfide) groups is 1. The summed E-state index contributed by atoms with van der Waals surface area (Å²) in [6, 6.07) is 4.60. The van der Waals surface area contributed by atoms with Gasteiger partial charge in [-0.05, 0) is 37.8 Å². The first-order valence-corrected chi connectivity index (χ1v) is 9.36. The number of methoxy groups -OCH3 is 1. The van der Waals surface area contributed by atoms with Crippen molar-refractivity contribution in [3.63, 3.8) is 0 Å². The molecule has 0 bridgehead atoms. The quantitative estimate of drug-likeness (QED) is 0.564. The number of rotatable bonds is 8. The minimum Gasteiger partial charge on any atom is -0.494 e. The largest absolute Gasteiger partial charge is 0.494 e. The maximum absolute atomic E-state index is 5.47. The number of anilines is 1. The Morgan fingerprint density at radius 1 is 1.39 bits per heavy atom. The van der Waals surface area contributed by atoms with E-state index in [0.717, 1.165) is 36.0 Å². The highest BCUT2D eigenvalue weighted by Gasteiger charge is 2.22. The molecule has 128 valence electrons. The molecule has 2 rings (SSSR count). The van der Waals surface area contributed by atoms with Gasteiger partial charge in [0.1, 0.15) is 11.4 Å². The Balaban J connectivity index is 2.13. The van der Waals surface area contributed by atoms with Gasteiger partial charge in [-0.25, -0.2) is 0 Å². The fraction of sp³-hybridized carbons (Fsp3) is 0.647. The van der Waals surface area contributed by atoms with E-state index in [1.165, 1.54) is 24.3 Å². The van der Waals surface area contributed by atoms with E-state index in [0.29, 0.717) is 6.04 Å². The number of hydrogen-bond acceptors (Lipinski definition) is 6. The van der Waals surface area contributed by atoms with Crippen molar-refractivity contribution in [3.8, 4) is 5.75 Å². The Hall–Kier alpha value is -1.27. The predicted molar refractivity (Wildman–Crippen MR) is 98.6 cm³/mol. The van der Waals surface area contributed by atoms with Crippen molar-refractivity contribution < 1.29 is 4.74 Å². The summed E-state index contributed by atoms with van der Waals surface area (Å²) in [4.78, 5) is 3.67. The molecule has 1 heterocycles. The molecule has 1 atom stereocenters. The Morgan fingerprint density at radius 3 is 2.87 bits per heavy atom. The summed E-state index contributed by atoms with van der Waals surface area (Å²) in [5, 5.41) is 12.1. The molecular formula is C17H28N4OS. The first-order valence-electron chi connectivity index (χ1n) is 8.37.